The Morgan fingerprint density at radius 3 is 2.25 bits per heavy atom. The number of aromatic nitrogens is 3. The normalized spacial score (nSPS) is 16.3. The Morgan fingerprint density at radius 2 is 1.60 bits per heavy atom. The highest BCUT2D eigenvalue weighted by Crippen LogP contribution is 2.34. The average molecular weight is 616 g/mol. The van der Waals surface area contributed by atoms with Crippen molar-refractivity contribution < 1.29 is 9.59 Å². The van der Waals surface area contributed by atoms with Gasteiger partial charge in [-0.1, -0.05) is 46.9 Å². The summed E-state index contributed by atoms with van der Waals surface area (Å²) < 4.78 is 1.71. The van der Waals surface area contributed by atoms with Crippen molar-refractivity contribution in [1.82, 2.24) is 29.5 Å². The van der Waals surface area contributed by atoms with E-state index in [4.69, 9.17) is 39.9 Å². The summed E-state index contributed by atoms with van der Waals surface area (Å²) >= 11 is 20.3. The summed E-state index contributed by atoms with van der Waals surface area (Å²) in [6, 6.07) is 12.9. The van der Waals surface area contributed by atoms with Crippen LogP contribution in [-0.4, -0.2) is 86.6 Å². The molecule has 2 amide bonds. The second-order valence-electron chi connectivity index (χ2n) is 9.90. The molecule has 0 unspecified atom stereocenters. The quantitative estimate of drug-likeness (QED) is 0.295. The number of amides is 2. The van der Waals surface area contributed by atoms with Crippen LogP contribution < -0.4 is 0 Å². The zero-order valence-electron chi connectivity index (χ0n) is 21.6. The molecule has 0 spiro atoms. The molecule has 0 aliphatic carbocycles. The fraction of sp³-hybridized carbons (Fsp3) is 0.286. The highest BCUT2D eigenvalue weighted by atomic mass is 35.5. The van der Waals surface area contributed by atoms with Crippen molar-refractivity contribution >= 4 is 58.0 Å². The number of halogens is 3. The van der Waals surface area contributed by atoms with E-state index in [-0.39, 0.29) is 17.9 Å². The van der Waals surface area contributed by atoms with E-state index in [0.717, 1.165) is 29.9 Å². The average Bonchev–Trinajstić information content (AvgIpc) is 3.57. The number of rotatable bonds is 5. The summed E-state index contributed by atoms with van der Waals surface area (Å²) in [7, 11) is 0. The summed E-state index contributed by atoms with van der Waals surface area (Å²) in [5, 5.41) is 8.12. The summed E-state index contributed by atoms with van der Waals surface area (Å²) in [5.41, 5.74) is 5.59. The molecule has 0 saturated carbocycles. The minimum atomic E-state index is -0.120. The van der Waals surface area contributed by atoms with Crippen molar-refractivity contribution in [2.75, 3.05) is 39.3 Å². The summed E-state index contributed by atoms with van der Waals surface area (Å²) in [4.78, 5) is 36.4. The second-order valence-corrected chi connectivity index (χ2v) is 11.9. The topological polar surface area (TPSA) is 74.6 Å². The number of hydrogen-bond acceptors (Lipinski definition) is 6. The number of benzene rings is 2. The van der Waals surface area contributed by atoms with Crippen LogP contribution in [0.1, 0.15) is 26.5 Å². The van der Waals surface area contributed by atoms with Gasteiger partial charge >= 0.3 is 0 Å². The Hall–Kier alpha value is -2.95. The van der Waals surface area contributed by atoms with Crippen LogP contribution in [0.2, 0.25) is 15.1 Å². The van der Waals surface area contributed by atoms with Crippen LogP contribution in [0.3, 0.4) is 0 Å². The van der Waals surface area contributed by atoms with E-state index in [0.29, 0.717) is 58.3 Å². The van der Waals surface area contributed by atoms with Crippen LogP contribution in [-0.2, 0) is 0 Å². The monoisotopic (exact) mass is 614 g/mol. The number of hydrogen-bond donors (Lipinski definition) is 0. The molecule has 6 rings (SSSR count). The Balaban J connectivity index is 1.18. The fourth-order valence-electron chi connectivity index (χ4n) is 5.25. The molecule has 40 heavy (non-hydrogen) atoms. The first-order valence-electron chi connectivity index (χ1n) is 12.8. The highest BCUT2D eigenvalue weighted by molar-refractivity contribution is 7.07. The maximum Gasteiger partial charge on any atom is 0.274 e. The minimum Gasteiger partial charge on any atom is -0.335 e. The van der Waals surface area contributed by atoms with Crippen LogP contribution in [0.4, 0.5) is 0 Å². The highest BCUT2D eigenvalue weighted by Gasteiger charge is 2.39. The van der Waals surface area contributed by atoms with Gasteiger partial charge in [-0.15, -0.1) is 11.3 Å². The SMILES string of the molecule is Cc1c(C(=O)N2CC(N3CCN(C(=O)c4cscn4)CC3)C2)nn(-c2ccc(Cl)cc2Cl)c1-c1ccc(Cl)cc1. The first kappa shape index (κ1) is 27.2. The number of piperazine rings is 1. The molecule has 2 fully saturated rings. The summed E-state index contributed by atoms with van der Waals surface area (Å²) in [6.45, 7) is 5.97. The zero-order valence-corrected chi connectivity index (χ0v) is 24.6. The van der Waals surface area contributed by atoms with Crippen molar-refractivity contribution in [3.8, 4) is 16.9 Å². The van der Waals surface area contributed by atoms with E-state index in [1.807, 2.05) is 41.0 Å². The Kier molecular flexibility index (Phi) is 7.58. The molecule has 2 aliphatic rings. The predicted octanol–water partition coefficient (Wildman–Crippen LogP) is 5.55. The molecule has 0 radical (unpaired) electrons. The van der Waals surface area contributed by atoms with Crippen molar-refractivity contribution in [3.05, 3.63) is 85.4 Å². The molecular formula is C28H25Cl3N6O2S. The molecule has 0 atom stereocenters. The second kappa shape index (κ2) is 11.1. The Labute approximate surface area is 250 Å². The first-order chi connectivity index (χ1) is 19.3. The van der Waals surface area contributed by atoms with Gasteiger partial charge in [0.2, 0.25) is 0 Å². The van der Waals surface area contributed by atoms with E-state index in [1.165, 1.54) is 11.3 Å². The molecule has 0 N–H and O–H groups in total. The third-order valence-electron chi connectivity index (χ3n) is 7.50. The maximum absolute atomic E-state index is 13.7. The van der Waals surface area contributed by atoms with Gasteiger partial charge in [0.05, 0.1) is 21.9 Å². The number of nitrogens with zero attached hydrogens (tertiary/aromatic N) is 6. The molecule has 12 heteroatoms. The van der Waals surface area contributed by atoms with Gasteiger partial charge in [-0.25, -0.2) is 9.67 Å². The lowest BCUT2D eigenvalue weighted by molar-refractivity contribution is 0.00808. The molecule has 2 aromatic carbocycles. The Morgan fingerprint density at radius 1 is 0.900 bits per heavy atom. The van der Waals surface area contributed by atoms with Gasteiger partial charge in [0, 0.05) is 71.9 Å². The lowest BCUT2D eigenvalue weighted by atomic mass is 10.0. The van der Waals surface area contributed by atoms with Crippen LogP contribution in [0, 0.1) is 6.92 Å². The lowest BCUT2D eigenvalue weighted by Crippen LogP contribution is -2.64. The smallest absolute Gasteiger partial charge is 0.274 e. The Bertz CT molecular complexity index is 1560. The van der Waals surface area contributed by atoms with E-state index >= 15 is 0 Å². The van der Waals surface area contributed by atoms with Crippen LogP contribution in [0.5, 0.6) is 0 Å². The summed E-state index contributed by atoms with van der Waals surface area (Å²) in [5.74, 6) is -0.139. The van der Waals surface area contributed by atoms with Gasteiger partial charge in [-0.2, -0.15) is 5.10 Å². The van der Waals surface area contributed by atoms with E-state index in [2.05, 4.69) is 9.88 Å². The van der Waals surface area contributed by atoms with E-state index < -0.39 is 0 Å². The van der Waals surface area contributed by atoms with Crippen molar-refractivity contribution in [3.63, 3.8) is 0 Å². The van der Waals surface area contributed by atoms with E-state index in [1.54, 1.807) is 33.8 Å². The van der Waals surface area contributed by atoms with Gasteiger partial charge in [0.15, 0.2) is 5.69 Å². The number of thiazole rings is 1. The molecule has 2 aliphatic heterocycles. The van der Waals surface area contributed by atoms with Gasteiger partial charge in [0.1, 0.15) is 5.69 Å². The number of likely N-dealkylation sites (tertiary alicyclic amines) is 1. The molecular weight excluding hydrogens is 591 g/mol. The van der Waals surface area contributed by atoms with Crippen molar-refractivity contribution in [1.29, 1.82) is 0 Å². The number of carbonyl (C=O) groups is 2. The molecule has 4 heterocycles. The molecule has 2 saturated heterocycles. The van der Waals surface area contributed by atoms with Crippen molar-refractivity contribution in [2.45, 2.75) is 13.0 Å². The largest absolute Gasteiger partial charge is 0.335 e. The van der Waals surface area contributed by atoms with Gasteiger partial charge in [-0.05, 0) is 37.3 Å². The molecule has 206 valence electrons. The molecule has 4 aromatic rings. The third kappa shape index (κ3) is 5.12. The molecule has 8 nitrogen and oxygen atoms in total. The molecule has 2 aromatic heterocycles. The van der Waals surface area contributed by atoms with E-state index in [9.17, 15) is 9.59 Å². The van der Waals surface area contributed by atoms with Gasteiger partial charge in [0.25, 0.3) is 11.8 Å². The predicted molar refractivity (Wildman–Crippen MR) is 158 cm³/mol. The number of carbonyl (C=O) groups excluding carboxylic acids is 2. The third-order valence-corrected chi connectivity index (χ3v) is 8.88. The lowest BCUT2D eigenvalue weighted by Gasteiger charge is -2.47. The summed E-state index contributed by atoms with van der Waals surface area (Å²) in [6.07, 6.45) is 0. The van der Waals surface area contributed by atoms with Crippen molar-refractivity contribution in [2.24, 2.45) is 0 Å². The first-order valence-corrected chi connectivity index (χ1v) is 14.9. The molecule has 0 bridgehead atoms. The minimum absolute atomic E-state index is 0.0188. The van der Waals surface area contributed by atoms with Gasteiger partial charge in [-0.3, -0.25) is 14.5 Å². The fourth-order valence-corrected chi connectivity index (χ4v) is 6.39. The standard InChI is InChI=1S/C28H25Cl3N6O2S/c1-17-25(33-37(24-7-6-20(30)12-22(24)31)26(17)18-2-4-19(29)5-3-18)28(39)36-13-21(14-36)34-8-10-35(11-9-34)27(38)23-15-40-16-32-23/h2-7,12,15-16,21H,8-11,13-14H2,1H3. The van der Waals surface area contributed by atoms with Crippen LogP contribution >= 0.6 is 46.1 Å². The van der Waals surface area contributed by atoms with Crippen LogP contribution in [0.25, 0.3) is 16.9 Å². The maximum atomic E-state index is 13.7. The van der Waals surface area contributed by atoms with Gasteiger partial charge < -0.3 is 9.80 Å². The van der Waals surface area contributed by atoms with Crippen LogP contribution in [0.15, 0.2) is 53.4 Å². The zero-order chi connectivity index (χ0) is 28.0.